The number of H-pyrrole nitrogens is 1. The molecule has 0 bridgehead atoms. The molecule has 1 aliphatic rings. The van der Waals surface area contributed by atoms with E-state index in [4.69, 9.17) is 16.2 Å². The van der Waals surface area contributed by atoms with Crippen molar-refractivity contribution in [1.82, 2.24) is 30.6 Å². The second-order valence-electron chi connectivity index (χ2n) is 12.8. The van der Waals surface area contributed by atoms with Gasteiger partial charge in [0.1, 0.15) is 6.61 Å². The number of hydrogen-bond donors (Lipinski definition) is 3. The highest BCUT2D eigenvalue weighted by molar-refractivity contribution is 6.17. The molecule has 1 atom stereocenters. The van der Waals surface area contributed by atoms with Gasteiger partial charge in [-0.1, -0.05) is 54.6 Å². The molecule has 0 aliphatic heterocycles. The number of rotatable bonds is 12. The van der Waals surface area contributed by atoms with Crippen LogP contribution in [-0.2, 0) is 22.6 Å². The third kappa shape index (κ3) is 8.92. The number of imide groups is 1. The monoisotopic (exact) mass is 710 g/mol. The Morgan fingerprint density at radius 3 is 2.24 bits per heavy atom. The summed E-state index contributed by atoms with van der Waals surface area (Å²) < 4.78 is 6.18. The lowest BCUT2D eigenvalue weighted by atomic mass is 9.81. The lowest BCUT2D eigenvalue weighted by Crippen LogP contribution is -2.50. The molecule has 1 fully saturated rings. The number of nitrogens with two attached hydrogens (primary N) is 2. The quantitative estimate of drug-likeness (QED) is 0.165. The number of aromatic nitrogens is 6. The predicted octanol–water partition coefficient (Wildman–Crippen LogP) is 4.59. The van der Waals surface area contributed by atoms with Gasteiger partial charge in [-0.2, -0.15) is 10.2 Å². The van der Waals surface area contributed by atoms with E-state index < -0.39 is 11.9 Å². The smallest absolute Gasteiger partial charge is 0.251 e. The van der Waals surface area contributed by atoms with E-state index in [0.717, 1.165) is 35.1 Å². The topological polar surface area (TPSA) is 182 Å². The molecule has 3 aromatic carbocycles. The first-order valence-corrected chi connectivity index (χ1v) is 16.8. The van der Waals surface area contributed by atoms with Crippen LogP contribution in [0, 0.1) is 11.8 Å². The Morgan fingerprint density at radius 2 is 1.61 bits per heavy atom. The highest BCUT2D eigenvalue weighted by Gasteiger charge is 2.35. The fourth-order valence-electron chi connectivity index (χ4n) is 6.17. The van der Waals surface area contributed by atoms with E-state index in [0.29, 0.717) is 60.8 Å². The van der Waals surface area contributed by atoms with Crippen LogP contribution in [0.2, 0.25) is 0 Å². The van der Waals surface area contributed by atoms with Crippen molar-refractivity contribution in [2.75, 3.05) is 30.4 Å². The number of amides is 2. The summed E-state index contributed by atoms with van der Waals surface area (Å²) in [5.41, 5.74) is 17.1. The lowest BCUT2D eigenvalue weighted by Gasteiger charge is -2.32. The van der Waals surface area contributed by atoms with Gasteiger partial charge in [-0.05, 0) is 90.7 Å². The van der Waals surface area contributed by atoms with Crippen LogP contribution in [0.25, 0.3) is 22.5 Å². The Bertz CT molecular complexity index is 1870. The second kappa shape index (κ2) is 17.1. The molecule has 1 aliphatic carbocycles. The van der Waals surface area contributed by atoms with Crippen molar-refractivity contribution in [1.29, 1.82) is 0 Å². The molecule has 2 heterocycles. The van der Waals surface area contributed by atoms with Gasteiger partial charge in [0.15, 0.2) is 0 Å². The minimum atomic E-state index is -0.963. The zero-order valence-corrected chi connectivity index (χ0v) is 29.5. The van der Waals surface area contributed by atoms with Crippen LogP contribution in [-0.4, -0.2) is 69.1 Å². The summed E-state index contributed by atoms with van der Waals surface area (Å²) in [7, 11) is 3.75. The molecule has 51 heavy (non-hydrogen) atoms. The van der Waals surface area contributed by atoms with Gasteiger partial charge in [0.05, 0.1) is 17.3 Å². The van der Waals surface area contributed by atoms with E-state index in [-0.39, 0.29) is 30.7 Å². The third-order valence-electron chi connectivity index (χ3n) is 9.10. The zero-order chi connectivity index (χ0) is 35.0. The first kappa shape index (κ1) is 37.0. The van der Waals surface area contributed by atoms with Crippen molar-refractivity contribution in [3.63, 3.8) is 0 Å². The van der Waals surface area contributed by atoms with Crippen LogP contribution in [0.15, 0.2) is 85.1 Å². The van der Waals surface area contributed by atoms with Crippen LogP contribution in [0.4, 0.5) is 11.6 Å². The molecular formula is C37H43ClN10O3. The summed E-state index contributed by atoms with van der Waals surface area (Å²) in [5.74, 6) is 0.817. The lowest BCUT2D eigenvalue weighted by molar-refractivity contribution is -0.130. The molecule has 0 unspecified atom stereocenters. The Balaban J connectivity index is 0.00000504. The fourth-order valence-corrected chi connectivity index (χ4v) is 6.17. The Hall–Kier alpha value is -5.24. The van der Waals surface area contributed by atoms with Crippen LogP contribution in [0.5, 0.6) is 5.88 Å². The molecule has 0 saturated heterocycles. The second-order valence-corrected chi connectivity index (χ2v) is 12.8. The van der Waals surface area contributed by atoms with E-state index in [9.17, 15) is 9.59 Å². The molecule has 5 aromatic rings. The normalized spacial score (nSPS) is 16.1. The Labute approximate surface area is 303 Å². The summed E-state index contributed by atoms with van der Waals surface area (Å²) in [5, 5.41) is 14.1. The first-order chi connectivity index (χ1) is 24.3. The number of hydrogen-bond acceptors (Lipinski definition) is 11. The van der Waals surface area contributed by atoms with Gasteiger partial charge in [-0.15, -0.1) is 22.6 Å². The number of benzene rings is 3. The van der Waals surface area contributed by atoms with Gasteiger partial charge in [-0.25, -0.2) is 9.88 Å². The number of carbonyl (C=O) groups is 2. The maximum Gasteiger partial charge on any atom is 0.251 e. The van der Waals surface area contributed by atoms with Crippen LogP contribution < -0.4 is 26.0 Å². The van der Waals surface area contributed by atoms with Crippen molar-refractivity contribution < 1.29 is 14.3 Å². The molecule has 266 valence electrons. The number of halogens is 1. The number of nitrogens with one attached hydrogen (secondary N) is 1. The third-order valence-corrected chi connectivity index (χ3v) is 9.10. The van der Waals surface area contributed by atoms with E-state index >= 15 is 0 Å². The van der Waals surface area contributed by atoms with Crippen molar-refractivity contribution in [3.8, 4) is 28.4 Å². The largest absolute Gasteiger partial charge is 0.472 e. The summed E-state index contributed by atoms with van der Waals surface area (Å²) >= 11 is 0. The SMILES string of the molecule is CN(C)c1ncc(-c2ccc(C[C@H](N)C(=O)N(C(=O)C3CCC(CN)CC3)c3ccc(-c4nn[nH]n4)cc3)cc2)c(OCc2ccccc2)n1.Cl. The molecule has 6 rings (SSSR count). The van der Waals surface area contributed by atoms with Gasteiger partial charge in [-0.3, -0.25) is 9.59 Å². The molecular weight excluding hydrogens is 668 g/mol. The maximum absolute atomic E-state index is 14.1. The van der Waals surface area contributed by atoms with Gasteiger partial charge >= 0.3 is 0 Å². The number of tetrazole rings is 1. The number of anilines is 2. The highest BCUT2D eigenvalue weighted by atomic mass is 35.5. The van der Waals surface area contributed by atoms with Gasteiger partial charge in [0, 0.05) is 31.8 Å². The fraction of sp³-hybridized carbons (Fsp3) is 0.324. The van der Waals surface area contributed by atoms with Crippen LogP contribution in [0.1, 0.15) is 36.8 Å². The number of carbonyl (C=O) groups excluding carboxylic acids is 2. The van der Waals surface area contributed by atoms with Gasteiger partial charge in [0.2, 0.25) is 23.6 Å². The molecule has 14 heteroatoms. The van der Waals surface area contributed by atoms with Crippen molar-refractivity contribution in [2.45, 2.75) is 44.8 Å². The van der Waals surface area contributed by atoms with Crippen molar-refractivity contribution in [2.24, 2.45) is 23.3 Å². The van der Waals surface area contributed by atoms with Crippen molar-refractivity contribution >= 4 is 35.9 Å². The number of aromatic amines is 1. The standard InChI is InChI=1S/C37H42N10O3.ClH/c1-46(2)37-40-22-31(34(41-37)50-23-26-6-4-3-5-7-26)27-12-8-24(9-13-27)20-32(39)36(49)47(35(48)29-14-10-25(21-38)11-15-29)30-18-16-28(17-19-30)33-42-44-45-43-33;/h3-9,12-13,16-19,22,25,29,32H,10-11,14-15,20-21,23,38-39H2,1-2H3,(H,42,43,44,45);1H/t25?,29?,32-;/m0./s1. The summed E-state index contributed by atoms with van der Waals surface area (Å²) in [6, 6.07) is 23.6. The molecule has 5 N–H and O–H groups in total. The summed E-state index contributed by atoms with van der Waals surface area (Å²) in [6.07, 6.45) is 5.05. The van der Waals surface area contributed by atoms with Gasteiger partial charge < -0.3 is 21.1 Å². The van der Waals surface area contributed by atoms with Crippen LogP contribution >= 0.6 is 12.4 Å². The zero-order valence-electron chi connectivity index (χ0n) is 28.7. The first-order valence-electron chi connectivity index (χ1n) is 16.8. The minimum Gasteiger partial charge on any atom is -0.472 e. The average Bonchev–Trinajstić information content (AvgIpc) is 3.70. The van der Waals surface area contributed by atoms with Crippen molar-refractivity contribution in [3.05, 3.63) is 96.2 Å². The number of nitrogens with zero attached hydrogens (tertiary/aromatic N) is 7. The molecule has 2 amide bonds. The maximum atomic E-state index is 14.1. The van der Waals surface area contributed by atoms with Crippen LogP contribution in [0.3, 0.4) is 0 Å². The predicted molar refractivity (Wildman–Crippen MR) is 198 cm³/mol. The number of ether oxygens (including phenoxy) is 1. The van der Waals surface area contributed by atoms with Gasteiger partial charge in [0.25, 0.3) is 5.91 Å². The highest BCUT2D eigenvalue weighted by Crippen LogP contribution is 2.33. The molecule has 13 nitrogen and oxygen atoms in total. The summed E-state index contributed by atoms with van der Waals surface area (Å²) in [4.78, 5) is 40.3. The molecule has 1 saturated carbocycles. The average molecular weight is 711 g/mol. The van der Waals surface area contributed by atoms with E-state index in [1.54, 1.807) is 30.5 Å². The molecule has 0 spiro atoms. The van der Waals surface area contributed by atoms with E-state index in [2.05, 4.69) is 30.6 Å². The Morgan fingerprint density at radius 1 is 0.922 bits per heavy atom. The van der Waals surface area contributed by atoms with E-state index in [1.807, 2.05) is 73.6 Å². The molecule has 0 radical (unpaired) electrons. The minimum absolute atomic E-state index is 0. The summed E-state index contributed by atoms with van der Waals surface area (Å²) in [6.45, 7) is 0.956. The molecule has 2 aromatic heterocycles. The van der Waals surface area contributed by atoms with E-state index in [1.165, 1.54) is 4.90 Å². The Kier molecular flexibility index (Phi) is 12.4.